The van der Waals surface area contributed by atoms with Gasteiger partial charge in [0.15, 0.2) is 0 Å². The summed E-state index contributed by atoms with van der Waals surface area (Å²) in [5.74, 6) is -0.910. The summed E-state index contributed by atoms with van der Waals surface area (Å²) in [5, 5.41) is 19.2. The predicted molar refractivity (Wildman–Crippen MR) is 77.6 cm³/mol. The third kappa shape index (κ3) is 3.81. The number of β-amino-alcohol motifs (C(OH)–C–C–N with tert-alkyl or cyclic N) is 1. The summed E-state index contributed by atoms with van der Waals surface area (Å²) in [7, 11) is 0. The molecule has 1 unspecified atom stereocenters. The third-order valence-corrected chi connectivity index (χ3v) is 4.14. The highest BCUT2D eigenvalue weighted by molar-refractivity contribution is 5.70. The first-order valence-electron chi connectivity index (χ1n) is 7.32. The summed E-state index contributed by atoms with van der Waals surface area (Å²) in [5.41, 5.74) is 2.20. The SMILES string of the molecule is CCc1ccc(C(O)CN2CCC(C(=O)O)CC2)cc1. The number of benzene rings is 1. The Labute approximate surface area is 120 Å². The van der Waals surface area contributed by atoms with Crippen LogP contribution in [-0.4, -0.2) is 40.7 Å². The quantitative estimate of drug-likeness (QED) is 0.865. The van der Waals surface area contributed by atoms with E-state index in [-0.39, 0.29) is 5.92 Å². The Balaban J connectivity index is 1.85. The predicted octanol–water partition coefficient (Wildman–Crippen LogP) is 2.08. The molecule has 0 bridgehead atoms. The fourth-order valence-electron chi connectivity index (χ4n) is 2.69. The standard InChI is InChI=1S/C16H23NO3/c1-2-12-3-5-13(6-4-12)15(18)11-17-9-7-14(8-10-17)16(19)20/h3-6,14-15,18H,2,7-11H2,1H3,(H,19,20). The van der Waals surface area contributed by atoms with Crippen molar-refractivity contribution < 1.29 is 15.0 Å². The molecule has 0 saturated carbocycles. The number of hydrogen-bond acceptors (Lipinski definition) is 3. The topological polar surface area (TPSA) is 60.8 Å². The fraction of sp³-hybridized carbons (Fsp3) is 0.562. The van der Waals surface area contributed by atoms with Gasteiger partial charge in [0.25, 0.3) is 0 Å². The van der Waals surface area contributed by atoms with Crippen LogP contribution in [-0.2, 0) is 11.2 Å². The lowest BCUT2D eigenvalue weighted by molar-refractivity contribution is -0.143. The Morgan fingerprint density at radius 3 is 2.40 bits per heavy atom. The van der Waals surface area contributed by atoms with E-state index in [1.807, 2.05) is 12.1 Å². The van der Waals surface area contributed by atoms with E-state index in [1.165, 1.54) is 5.56 Å². The van der Waals surface area contributed by atoms with Gasteiger partial charge in [-0.15, -0.1) is 0 Å². The fourth-order valence-corrected chi connectivity index (χ4v) is 2.69. The molecule has 0 aromatic heterocycles. The summed E-state index contributed by atoms with van der Waals surface area (Å²) < 4.78 is 0. The monoisotopic (exact) mass is 277 g/mol. The minimum Gasteiger partial charge on any atom is -0.481 e. The number of carboxylic acid groups (broad SMARTS) is 1. The van der Waals surface area contributed by atoms with Crippen molar-refractivity contribution in [2.45, 2.75) is 32.3 Å². The number of piperidine rings is 1. The molecule has 1 heterocycles. The maximum absolute atomic E-state index is 10.9. The van der Waals surface area contributed by atoms with E-state index in [4.69, 9.17) is 5.11 Å². The largest absolute Gasteiger partial charge is 0.481 e. The van der Waals surface area contributed by atoms with Gasteiger partial charge in [0.05, 0.1) is 12.0 Å². The molecule has 1 fully saturated rings. The summed E-state index contributed by atoms with van der Waals surface area (Å²) in [6.07, 6.45) is 1.86. The molecular weight excluding hydrogens is 254 g/mol. The Bertz CT molecular complexity index is 436. The van der Waals surface area contributed by atoms with E-state index in [0.29, 0.717) is 19.4 Å². The van der Waals surface area contributed by atoms with E-state index in [2.05, 4.69) is 24.0 Å². The van der Waals surface area contributed by atoms with Crippen LogP contribution in [0.2, 0.25) is 0 Å². The summed E-state index contributed by atoms with van der Waals surface area (Å²) in [6.45, 7) is 4.19. The first-order valence-corrected chi connectivity index (χ1v) is 7.32. The van der Waals surface area contributed by atoms with Crippen molar-refractivity contribution in [1.29, 1.82) is 0 Å². The molecular formula is C16H23NO3. The molecule has 2 rings (SSSR count). The molecule has 0 radical (unpaired) electrons. The smallest absolute Gasteiger partial charge is 0.306 e. The first-order chi connectivity index (χ1) is 9.60. The van der Waals surface area contributed by atoms with Crippen LogP contribution in [0.15, 0.2) is 24.3 Å². The summed E-state index contributed by atoms with van der Waals surface area (Å²) in [4.78, 5) is 13.0. The second kappa shape index (κ2) is 6.86. The Morgan fingerprint density at radius 2 is 1.90 bits per heavy atom. The van der Waals surface area contributed by atoms with E-state index in [1.54, 1.807) is 0 Å². The van der Waals surface area contributed by atoms with Crippen LogP contribution in [0.25, 0.3) is 0 Å². The zero-order valence-corrected chi connectivity index (χ0v) is 12.0. The van der Waals surface area contributed by atoms with Gasteiger partial charge >= 0.3 is 5.97 Å². The lowest BCUT2D eigenvalue weighted by Gasteiger charge is -2.31. The van der Waals surface area contributed by atoms with Gasteiger partial charge in [0.1, 0.15) is 0 Å². The average molecular weight is 277 g/mol. The number of carboxylic acids is 1. The Kier molecular flexibility index (Phi) is 5.15. The van der Waals surface area contributed by atoms with Gasteiger partial charge in [-0.3, -0.25) is 4.79 Å². The van der Waals surface area contributed by atoms with Gasteiger partial charge in [0.2, 0.25) is 0 Å². The summed E-state index contributed by atoms with van der Waals surface area (Å²) >= 11 is 0. The van der Waals surface area contributed by atoms with Crippen LogP contribution < -0.4 is 0 Å². The molecule has 4 heteroatoms. The molecule has 1 saturated heterocycles. The number of carbonyl (C=O) groups is 1. The summed E-state index contributed by atoms with van der Waals surface area (Å²) in [6, 6.07) is 8.06. The van der Waals surface area contributed by atoms with Crippen LogP contribution >= 0.6 is 0 Å². The molecule has 2 N–H and O–H groups in total. The van der Waals surface area contributed by atoms with Crippen molar-refractivity contribution in [1.82, 2.24) is 4.90 Å². The van der Waals surface area contributed by atoms with Crippen molar-refractivity contribution in [3.63, 3.8) is 0 Å². The normalized spacial score (nSPS) is 18.9. The van der Waals surface area contributed by atoms with Crippen LogP contribution in [0.1, 0.15) is 37.0 Å². The maximum atomic E-state index is 10.9. The number of aliphatic hydroxyl groups excluding tert-OH is 1. The minimum absolute atomic E-state index is 0.216. The lowest BCUT2D eigenvalue weighted by Crippen LogP contribution is -2.38. The number of aryl methyl sites for hydroxylation is 1. The Hall–Kier alpha value is -1.39. The van der Waals surface area contributed by atoms with Gasteiger partial charge in [-0.1, -0.05) is 31.2 Å². The highest BCUT2D eigenvalue weighted by Crippen LogP contribution is 2.21. The molecule has 4 nitrogen and oxygen atoms in total. The number of aliphatic carboxylic acids is 1. The molecule has 1 aliphatic heterocycles. The molecule has 0 amide bonds. The van der Waals surface area contributed by atoms with Crippen molar-refractivity contribution in [3.8, 4) is 0 Å². The molecule has 1 atom stereocenters. The van der Waals surface area contributed by atoms with Crippen molar-refractivity contribution in [2.24, 2.45) is 5.92 Å². The van der Waals surface area contributed by atoms with Gasteiger partial charge in [-0.25, -0.2) is 0 Å². The number of likely N-dealkylation sites (tertiary alicyclic amines) is 1. The molecule has 0 aliphatic carbocycles. The van der Waals surface area contributed by atoms with Crippen molar-refractivity contribution in [2.75, 3.05) is 19.6 Å². The molecule has 1 aromatic carbocycles. The molecule has 0 spiro atoms. The van der Waals surface area contributed by atoms with Crippen LogP contribution in [0.5, 0.6) is 0 Å². The maximum Gasteiger partial charge on any atom is 0.306 e. The van der Waals surface area contributed by atoms with E-state index in [0.717, 1.165) is 25.1 Å². The Morgan fingerprint density at radius 1 is 1.30 bits per heavy atom. The molecule has 110 valence electrons. The third-order valence-electron chi connectivity index (χ3n) is 4.14. The second-order valence-corrected chi connectivity index (χ2v) is 5.52. The van der Waals surface area contributed by atoms with Crippen molar-refractivity contribution in [3.05, 3.63) is 35.4 Å². The van der Waals surface area contributed by atoms with E-state index >= 15 is 0 Å². The number of nitrogens with zero attached hydrogens (tertiary/aromatic N) is 1. The zero-order chi connectivity index (χ0) is 14.5. The molecule has 20 heavy (non-hydrogen) atoms. The highest BCUT2D eigenvalue weighted by Gasteiger charge is 2.25. The van der Waals surface area contributed by atoms with Crippen LogP contribution in [0, 0.1) is 5.92 Å². The zero-order valence-electron chi connectivity index (χ0n) is 12.0. The van der Waals surface area contributed by atoms with Gasteiger partial charge in [-0.2, -0.15) is 0 Å². The molecule has 1 aromatic rings. The highest BCUT2D eigenvalue weighted by atomic mass is 16.4. The lowest BCUT2D eigenvalue weighted by atomic mass is 9.96. The van der Waals surface area contributed by atoms with Gasteiger partial charge in [-0.05, 0) is 43.5 Å². The van der Waals surface area contributed by atoms with Crippen LogP contribution in [0.4, 0.5) is 0 Å². The van der Waals surface area contributed by atoms with Crippen LogP contribution in [0.3, 0.4) is 0 Å². The number of aliphatic hydroxyl groups is 1. The molecule has 1 aliphatic rings. The van der Waals surface area contributed by atoms with E-state index < -0.39 is 12.1 Å². The van der Waals surface area contributed by atoms with Gasteiger partial charge < -0.3 is 15.1 Å². The average Bonchev–Trinajstić information content (AvgIpc) is 2.48. The second-order valence-electron chi connectivity index (χ2n) is 5.52. The van der Waals surface area contributed by atoms with E-state index in [9.17, 15) is 9.90 Å². The number of rotatable bonds is 5. The first kappa shape index (κ1) is 15.0. The van der Waals surface area contributed by atoms with Gasteiger partial charge in [0, 0.05) is 6.54 Å². The minimum atomic E-state index is -0.694. The number of hydrogen-bond donors (Lipinski definition) is 2. The van der Waals surface area contributed by atoms with Crippen molar-refractivity contribution >= 4 is 5.97 Å².